The molecule has 20 heavy (non-hydrogen) atoms. The predicted octanol–water partition coefficient (Wildman–Crippen LogP) is 3.00. The van der Waals surface area contributed by atoms with E-state index in [2.05, 4.69) is 42.5 Å². The van der Waals surface area contributed by atoms with Crippen molar-refractivity contribution in [2.24, 2.45) is 5.84 Å². The Kier molecular flexibility index (Phi) is 3.87. The molecule has 4 heteroatoms. The summed E-state index contributed by atoms with van der Waals surface area (Å²) in [6.07, 6.45) is 4.57. The molecular weight excluding hydrogens is 266 g/mol. The lowest BCUT2D eigenvalue weighted by atomic mass is 9.99. The van der Waals surface area contributed by atoms with E-state index in [0.717, 1.165) is 17.1 Å². The molecular formula is C16H21N3S. The minimum absolute atomic E-state index is 0.144. The average Bonchev–Trinajstić information content (AvgIpc) is 3.02. The van der Waals surface area contributed by atoms with Gasteiger partial charge in [-0.3, -0.25) is 11.3 Å². The summed E-state index contributed by atoms with van der Waals surface area (Å²) >= 11 is 1.77. The number of benzene rings is 1. The highest BCUT2D eigenvalue weighted by atomic mass is 32.1. The molecule has 1 aromatic carbocycles. The maximum atomic E-state index is 5.77. The van der Waals surface area contributed by atoms with Crippen molar-refractivity contribution >= 4 is 11.3 Å². The van der Waals surface area contributed by atoms with Crippen LogP contribution in [-0.4, -0.2) is 4.98 Å². The molecule has 0 spiro atoms. The fourth-order valence-electron chi connectivity index (χ4n) is 2.88. The van der Waals surface area contributed by atoms with Crippen LogP contribution in [0.4, 0.5) is 0 Å². The van der Waals surface area contributed by atoms with Gasteiger partial charge in [-0.2, -0.15) is 0 Å². The van der Waals surface area contributed by atoms with Gasteiger partial charge in [0.1, 0.15) is 0 Å². The average molecular weight is 287 g/mol. The Bertz CT molecular complexity index is 599. The molecule has 0 saturated carbocycles. The second kappa shape index (κ2) is 5.64. The van der Waals surface area contributed by atoms with E-state index in [4.69, 9.17) is 5.84 Å². The highest BCUT2D eigenvalue weighted by Crippen LogP contribution is 2.28. The quantitative estimate of drug-likeness (QED) is 0.671. The van der Waals surface area contributed by atoms with Crippen LogP contribution >= 0.6 is 11.3 Å². The van der Waals surface area contributed by atoms with Crippen LogP contribution in [0.1, 0.15) is 44.7 Å². The van der Waals surface area contributed by atoms with E-state index < -0.39 is 0 Å². The largest absolute Gasteiger partial charge is 0.271 e. The first-order valence-corrected chi connectivity index (χ1v) is 7.99. The standard InChI is InChI=1S/C16H21N3S/c1-10-11(2)20-16(18-10)9-15(19-17)14-7-6-12-4-3-5-13(12)8-14/h6-8,15,19H,3-5,9,17H2,1-2H3. The summed E-state index contributed by atoms with van der Waals surface area (Å²) in [6, 6.07) is 6.94. The van der Waals surface area contributed by atoms with Crippen LogP contribution < -0.4 is 11.3 Å². The molecule has 1 aliphatic carbocycles. The summed E-state index contributed by atoms with van der Waals surface area (Å²) in [7, 11) is 0. The molecule has 1 heterocycles. The number of nitrogens with zero attached hydrogens (tertiary/aromatic N) is 1. The fraction of sp³-hybridized carbons (Fsp3) is 0.438. The zero-order valence-electron chi connectivity index (χ0n) is 12.1. The number of rotatable bonds is 4. The number of hydrogen-bond acceptors (Lipinski definition) is 4. The summed E-state index contributed by atoms with van der Waals surface area (Å²) in [5.74, 6) is 5.77. The Morgan fingerprint density at radius 3 is 2.80 bits per heavy atom. The molecule has 0 fully saturated rings. The van der Waals surface area contributed by atoms with Crippen LogP contribution in [0.2, 0.25) is 0 Å². The van der Waals surface area contributed by atoms with E-state index in [0.29, 0.717) is 0 Å². The molecule has 0 amide bonds. The Morgan fingerprint density at radius 2 is 2.10 bits per heavy atom. The highest BCUT2D eigenvalue weighted by molar-refractivity contribution is 7.11. The number of hydrazine groups is 1. The summed E-state index contributed by atoms with van der Waals surface area (Å²) in [6.45, 7) is 4.19. The number of fused-ring (bicyclic) bond motifs is 1. The molecule has 3 rings (SSSR count). The lowest BCUT2D eigenvalue weighted by Crippen LogP contribution is -2.29. The van der Waals surface area contributed by atoms with E-state index in [-0.39, 0.29) is 6.04 Å². The monoisotopic (exact) mass is 287 g/mol. The molecule has 3 N–H and O–H groups in total. The van der Waals surface area contributed by atoms with Crippen LogP contribution in [0.25, 0.3) is 0 Å². The van der Waals surface area contributed by atoms with Gasteiger partial charge < -0.3 is 0 Å². The van der Waals surface area contributed by atoms with Crippen molar-refractivity contribution in [2.45, 2.75) is 45.6 Å². The van der Waals surface area contributed by atoms with Crippen molar-refractivity contribution in [3.8, 4) is 0 Å². The molecule has 1 aromatic heterocycles. The first-order chi connectivity index (χ1) is 9.67. The van der Waals surface area contributed by atoms with Gasteiger partial charge in [0.15, 0.2) is 0 Å². The van der Waals surface area contributed by atoms with E-state index in [9.17, 15) is 0 Å². The molecule has 1 aliphatic rings. The minimum atomic E-state index is 0.144. The van der Waals surface area contributed by atoms with Crippen molar-refractivity contribution in [3.63, 3.8) is 0 Å². The lowest BCUT2D eigenvalue weighted by molar-refractivity contribution is 0.550. The van der Waals surface area contributed by atoms with Crippen LogP contribution in [0.3, 0.4) is 0 Å². The number of nitrogens with two attached hydrogens (primary N) is 1. The number of aromatic nitrogens is 1. The van der Waals surface area contributed by atoms with Crippen LogP contribution in [0, 0.1) is 13.8 Å². The summed E-state index contributed by atoms with van der Waals surface area (Å²) in [4.78, 5) is 5.91. The van der Waals surface area contributed by atoms with Crippen LogP contribution in [0.5, 0.6) is 0 Å². The second-order valence-corrected chi connectivity index (χ2v) is 6.84. The van der Waals surface area contributed by atoms with Gasteiger partial charge in [0.05, 0.1) is 16.7 Å². The Labute approximate surface area is 124 Å². The van der Waals surface area contributed by atoms with E-state index in [1.165, 1.54) is 40.8 Å². The van der Waals surface area contributed by atoms with Gasteiger partial charge in [-0.15, -0.1) is 11.3 Å². The van der Waals surface area contributed by atoms with Gasteiger partial charge in [-0.25, -0.2) is 4.98 Å². The predicted molar refractivity (Wildman–Crippen MR) is 83.8 cm³/mol. The molecule has 1 unspecified atom stereocenters. The van der Waals surface area contributed by atoms with E-state index in [1.807, 2.05) is 0 Å². The first kappa shape index (κ1) is 13.7. The Morgan fingerprint density at radius 1 is 1.30 bits per heavy atom. The minimum Gasteiger partial charge on any atom is -0.271 e. The van der Waals surface area contributed by atoms with Crippen LogP contribution in [-0.2, 0) is 19.3 Å². The zero-order chi connectivity index (χ0) is 14.1. The summed E-state index contributed by atoms with van der Waals surface area (Å²) in [5, 5.41) is 1.16. The molecule has 0 radical (unpaired) electrons. The fourth-order valence-corrected chi connectivity index (χ4v) is 3.86. The first-order valence-electron chi connectivity index (χ1n) is 7.18. The van der Waals surface area contributed by atoms with Gasteiger partial charge in [0.2, 0.25) is 0 Å². The number of hydrogen-bond donors (Lipinski definition) is 2. The van der Waals surface area contributed by atoms with Crippen molar-refractivity contribution in [1.82, 2.24) is 10.4 Å². The molecule has 0 saturated heterocycles. The molecule has 2 aromatic rings. The van der Waals surface area contributed by atoms with Gasteiger partial charge in [0.25, 0.3) is 0 Å². The number of aryl methyl sites for hydroxylation is 4. The topological polar surface area (TPSA) is 50.9 Å². The zero-order valence-corrected chi connectivity index (χ0v) is 12.9. The Balaban J connectivity index is 1.82. The third kappa shape index (κ3) is 2.64. The molecule has 3 nitrogen and oxygen atoms in total. The van der Waals surface area contributed by atoms with Crippen LogP contribution in [0.15, 0.2) is 18.2 Å². The van der Waals surface area contributed by atoms with E-state index in [1.54, 1.807) is 11.3 Å². The smallest absolute Gasteiger partial charge is 0.0950 e. The molecule has 1 atom stereocenters. The molecule has 0 bridgehead atoms. The number of nitrogens with one attached hydrogen (secondary N) is 1. The van der Waals surface area contributed by atoms with Gasteiger partial charge in [0, 0.05) is 11.3 Å². The molecule has 106 valence electrons. The highest BCUT2D eigenvalue weighted by Gasteiger charge is 2.17. The van der Waals surface area contributed by atoms with E-state index >= 15 is 0 Å². The van der Waals surface area contributed by atoms with Crippen molar-refractivity contribution in [3.05, 3.63) is 50.5 Å². The van der Waals surface area contributed by atoms with Gasteiger partial charge >= 0.3 is 0 Å². The lowest BCUT2D eigenvalue weighted by Gasteiger charge is -2.16. The summed E-state index contributed by atoms with van der Waals surface area (Å²) in [5.41, 5.74) is 8.36. The maximum Gasteiger partial charge on any atom is 0.0950 e. The Hall–Kier alpha value is -1.23. The number of thiazole rings is 1. The third-order valence-electron chi connectivity index (χ3n) is 4.18. The molecule has 0 aliphatic heterocycles. The van der Waals surface area contributed by atoms with Crippen molar-refractivity contribution < 1.29 is 0 Å². The van der Waals surface area contributed by atoms with Crippen molar-refractivity contribution in [2.75, 3.05) is 0 Å². The van der Waals surface area contributed by atoms with Gasteiger partial charge in [-0.05, 0) is 49.8 Å². The SMILES string of the molecule is Cc1nc(CC(NN)c2ccc3c(c2)CCC3)sc1C. The normalized spacial score (nSPS) is 15.3. The third-order valence-corrected chi connectivity index (χ3v) is 5.27. The second-order valence-electron chi connectivity index (χ2n) is 5.55. The maximum absolute atomic E-state index is 5.77. The van der Waals surface area contributed by atoms with Crippen molar-refractivity contribution in [1.29, 1.82) is 0 Å². The van der Waals surface area contributed by atoms with Gasteiger partial charge in [-0.1, -0.05) is 18.2 Å². The summed E-state index contributed by atoms with van der Waals surface area (Å²) < 4.78 is 0.